The summed E-state index contributed by atoms with van der Waals surface area (Å²) in [7, 11) is 0. The van der Waals surface area contributed by atoms with E-state index in [-0.39, 0.29) is 17.9 Å². The predicted molar refractivity (Wildman–Crippen MR) is 127 cm³/mol. The molecule has 5 heteroatoms. The zero-order valence-electron chi connectivity index (χ0n) is 16.8. The van der Waals surface area contributed by atoms with Crippen LogP contribution in [0, 0.1) is 5.92 Å². The molecule has 1 amide bonds. The average molecular weight is 449 g/mol. The molecule has 0 fully saturated rings. The Bertz CT molecular complexity index is 1140. The molecule has 156 valence electrons. The van der Waals surface area contributed by atoms with Gasteiger partial charge >= 0.3 is 0 Å². The Morgan fingerprint density at radius 3 is 2.48 bits per heavy atom. The van der Waals surface area contributed by atoms with Crippen LogP contribution in [-0.4, -0.2) is 5.91 Å². The molecular weight excluding hydrogens is 427 g/mol. The van der Waals surface area contributed by atoms with Gasteiger partial charge in [0.1, 0.15) is 0 Å². The molecule has 0 aromatic heterocycles. The van der Waals surface area contributed by atoms with Crippen LogP contribution in [0.25, 0.3) is 0 Å². The lowest BCUT2D eigenvalue weighted by molar-refractivity contribution is 0.0951. The van der Waals surface area contributed by atoms with Crippen LogP contribution < -0.4 is 10.6 Å². The number of amides is 1. The third-order valence-corrected chi connectivity index (χ3v) is 6.91. The molecule has 1 aliphatic carbocycles. The van der Waals surface area contributed by atoms with E-state index < -0.39 is 0 Å². The number of fused-ring (bicyclic) bond motifs is 3. The molecule has 0 spiro atoms. The van der Waals surface area contributed by atoms with Gasteiger partial charge in [-0.1, -0.05) is 83.9 Å². The first-order valence-corrected chi connectivity index (χ1v) is 11.2. The summed E-state index contributed by atoms with van der Waals surface area (Å²) in [6.45, 7) is 0.481. The van der Waals surface area contributed by atoms with Crippen molar-refractivity contribution in [2.45, 2.75) is 24.9 Å². The van der Waals surface area contributed by atoms with Gasteiger partial charge < -0.3 is 10.6 Å². The molecule has 0 bridgehead atoms. The van der Waals surface area contributed by atoms with Crippen molar-refractivity contribution in [3.63, 3.8) is 0 Å². The lowest BCUT2D eigenvalue weighted by Gasteiger charge is -2.39. The molecule has 1 heterocycles. The van der Waals surface area contributed by atoms with Crippen LogP contribution in [0.5, 0.6) is 0 Å². The molecule has 0 saturated carbocycles. The molecular formula is C26H22Cl2N2O. The van der Waals surface area contributed by atoms with Gasteiger partial charge in [-0.3, -0.25) is 4.79 Å². The maximum atomic E-state index is 13.1. The highest BCUT2D eigenvalue weighted by Crippen LogP contribution is 2.52. The molecule has 2 N–H and O–H groups in total. The molecule has 0 saturated heterocycles. The third-order valence-electron chi connectivity index (χ3n) is 6.25. The van der Waals surface area contributed by atoms with Crippen LogP contribution in [0.3, 0.4) is 0 Å². The van der Waals surface area contributed by atoms with Gasteiger partial charge in [-0.15, -0.1) is 0 Å². The van der Waals surface area contributed by atoms with Crippen molar-refractivity contribution >= 4 is 34.8 Å². The molecule has 3 nitrogen and oxygen atoms in total. The molecule has 3 unspecified atom stereocenters. The molecule has 0 radical (unpaired) electrons. The fourth-order valence-corrected chi connectivity index (χ4v) is 5.41. The number of rotatable bonds is 4. The standard InChI is InChI=1S/C26H22Cl2N2O/c27-21-13-6-14-22(28)23(21)25-19-11-4-9-17(19)18-10-5-12-20(24(18)30-25)26(31)29-15-16-7-2-1-3-8-16/h1-10,12-14,17,19,25,30H,11,15H2,(H,29,31). The number of carbonyl (C=O) groups is 1. The molecule has 5 rings (SSSR count). The Hall–Kier alpha value is -2.75. The second-order valence-corrected chi connectivity index (χ2v) is 8.86. The van der Waals surface area contributed by atoms with Gasteiger partial charge in [0.25, 0.3) is 5.91 Å². The van der Waals surface area contributed by atoms with Crippen molar-refractivity contribution in [3.8, 4) is 0 Å². The highest BCUT2D eigenvalue weighted by Gasteiger charge is 2.40. The minimum absolute atomic E-state index is 0.0724. The summed E-state index contributed by atoms with van der Waals surface area (Å²) in [5, 5.41) is 7.98. The summed E-state index contributed by atoms with van der Waals surface area (Å²) in [6.07, 6.45) is 5.40. The van der Waals surface area contributed by atoms with Crippen molar-refractivity contribution in [1.82, 2.24) is 5.32 Å². The zero-order chi connectivity index (χ0) is 21.4. The summed E-state index contributed by atoms with van der Waals surface area (Å²) >= 11 is 13.2. The van der Waals surface area contributed by atoms with Crippen molar-refractivity contribution in [3.05, 3.63) is 111 Å². The van der Waals surface area contributed by atoms with E-state index in [1.54, 1.807) is 0 Å². The topological polar surface area (TPSA) is 41.1 Å². The Morgan fingerprint density at radius 1 is 0.968 bits per heavy atom. The van der Waals surface area contributed by atoms with Crippen molar-refractivity contribution < 1.29 is 4.79 Å². The number of halogens is 2. The van der Waals surface area contributed by atoms with Crippen LogP contribution in [-0.2, 0) is 6.54 Å². The Balaban J connectivity index is 1.51. The molecule has 3 atom stereocenters. The quantitative estimate of drug-likeness (QED) is 0.433. The number of nitrogens with one attached hydrogen (secondary N) is 2. The fourth-order valence-electron chi connectivity index (χ4n) is 4.78. The normalized spacial score (nSPS) is 21.2. The Kier molecular flexibility index (Phi) is 5.47. The largest absolute Gasteiger partial charge is 0.377 e. The Labute approximate surface area is 192 Å². The van der Waals surface area contributed by atoms with Gasteiger partial charge in [0.05, 0.1) is 17.3 Å². The summed E-state index contributed by atoms with van der Waals surface area (Å²) in [6, 6.07) is 21.4. The van der Waals surface area contributed by atoms with Gasteiger partial charge in [0.2, 0.25) is 0 Å². The second kappa shape index (κ2) is 8.41. The molecule has 3 aromatic rings. The highest BCUT2D eigenvalue weighted by molar-refractivity contribution is 6.36. The summed E-state index contributed by atoms with van der Waals surface area (Å²) < 4.78 is 0. The highest BCUT2D eigenvalue weighted by atomic mass is 35.5. The zero-order valence-corrected chi connectivity index (χ0v) is 18.3. The van der Waals surface area contributed by atoms with Gasteiger partial charge in [-0.25, -0.2) is 0 Å². The minimum Gasteiger partial charge on any atom is -0.377 e. The number of anilines is 1. The summed E-state index contributed by atoms with van der Waals surface area (Å²) in [4.78, 5) is 13.1. The maximum absolute atomic E-state index is 13.1. The summed E-state index contributed by atoms with van der Waals surface area (Å²) in [5.74, 6) is 0.417. The smallest absolute Gasteiger partial charge is 0.253 e. The van der Waals surface area contributed by atoms with Crippen molar-refractivity contribution in [2.24, 2.45) is 5.92 Å². The van der Waals surface area contributed by atoms with E-state index in [9.17, 15) is 4.79 Å². The third kappa shape index (κ3) is 3.73. The van der Waals surface area contributed by atoms with E-state index in [2.05, 4.69) is 28.9 Å². The van der Waals surface area contributed by atoms with Crippen LogP contribution in [0.4, 0.5) is 5.69 Å². The Morgan fingerprint density at radius 2 is 1.71 bits per heavy atom. The van der Waals surface area contributed by atoms with Gasteiger partial charge in [0, 0.05) is 28.1 Å². The van der Waals surface area contributed by atoms with E-state index in [0.29, 0.717) is 28.1 Å². The van der Waals surface area contributed by atoms with Gasteiger partial charge in [-0.2, -0.15) is 0 Å². The fraction of sp³-hybridized carbons (Fsp3) is 0.192. The predicted octanol–water partition coefficient (Wildman–Crippen LogP) is 6.75. The number of hydrogen-bond acceptors (Lipinski definition) is 2. The first-order chi connectivity index (χ1) is 15.1. The first kappa shape index (κ1) is 20.2. The van der Waals surface area contributed by atoms with Crippen LogP contribution in [0.1, 0.15) is 45.4 Å². The van der Waals surface area contributed by atoms with Crippen LogP contribution in [0.2, 0.25) is 10.0 Å². The maximum Gasteiger partial charge on any atom is 0.253 e. The SMILES string of the molecule is O=C(NCc1ccccc1)c1cccc2c1NC(c1c(Cl)cccc1Cl)C1CC=CC21. The van der Waals surface area contributed by atoms with E-state index >= 15 is 0 Å². The molecule has 2 aliphatic rings. The lowest BCUT2D eigenvalue weighted by Crippen LogP contribution is -2.32. The van der Waals surface area contributed by atoms with E-state index in [1.165, 1.54) is 0 Å². The number of allylic oxidation sites excluding steroid dienone is 2. The van der Waals surface area contributed by atoms with Crippen molar-refractivity contribution in [1.29, 1.82) is 0 Å². The van der Waals surface area contributed by atoms with Crippen LogP contribution in [0.15, 0.2) is 78.9 Å². The number of benzene rings is 3. The number of carbonyl (C=O) groups excluding carboxylic acids is 1. The second-order valence-electron chi connectivity index (χ2n) is 8.05. The molecule has 3 aromatic carbocycles. The van der Waals surface area contributed by atoms with Gasteiger partial charge in [-0.05, 0) is 41.7 Å². The van der Waals surface area contributed by atoms with Gasteiger partial charge in [0.15, 0.2) is 0 Å². The molecule has 31 heavy (non-hydrogen) atoms. The lowest BCUT2D eigenvalue weighted by atomic mass is 9.76. The number of para-hydroxylation sites is 1. The molecule has 1 aliphatic heterocycles. The minimum atomic E-state index is -0.0994. The van der Waals surface area contributed by atoms with Crippen LogP contribution >= 0.6 is 23.2 Å². The van der Waals surface area contributed by atoms with Crippen molar-refractivity contribution in [2.75, 3.05) is 5.32 Å². The van der Waals surface area contributed by atoms with E-state index in [4.69, 9.17) is 23.2 Å². The monoisotopic (exact) mass is 448 g/mol. The number of hydrogen-bond donors (Lipinski definition) is 2. The average Bonchev–Trinajstić information content (AvgIpc) is 3.28. The van der Waals surface area contributed by atoms with E-state index in [0.717, 1.165) is 28.8 Å². The first-order valence-electron chi connectivity index (χ1n) is 10.5. The summed E-state index contributed by atoms with van der Waals surface area (Å²) in [5.41, 5.74) is 4.61. The van der Waals surface area contributed by atoms with E-state index in [1.807, 2.05) is 60.7 Å².